The summed E-state index contributed by atoms with van der Waals surface area (Å²) in [7, 11) is 0. The normalized spacial score (nSPS) is 16.5. The number of carboxylic acid groups (broad SMARTS) is 1. The Labute approximate surface area is 336 Å². The number of aliphatic carboxylic acids is 1. The molecular formula is C39H56N8O11. The second kappa shape index (κ2) is 23.0. The fourth-order valence-corrected chi connectivity index (χ4v) is 5.70. The molecule has 0 radical (unpaired) electrons. The van der Waals surface area contributed by atoms with Crippen LogP contribution in [0.2, 0.25) is 0 Å². The van der Waals surface area contributed by atoms with E-state index in [0.29, 0.717) is 24.0 Å². The fraction of sp³-hybridized carbons (Fsp3) is 0.462. The molecule has 0 saturated heterocycles. The Hall–Kier alpha value is -6.37. The summed E-state index contributed by atoms with van der Waals surface area (Å²) in [5, 5.41) is 41.4. The zero-order valence-electron chi connectivity index (χ0n) is 33.0. The molecule has 1 aromatic carbocycles. The summed E-state index contributed by atoms with van der Waals surface area (Å²) in [4.78, 5) is 104. The van der Waals surface area contributed by atoms with Gasteiger partial charge in [-0.3, -0.25) is 38.4 Å². The van der Waals surface area contributed by atoms with Crippen molar-refractivity contribution in [1.29, 1.82) is 0 Å². The van der Waals surface area contributed by atoms with Crippen molar-refractivity contribution >= 4 is 47.3 Å². The van der Waals surface area contributed by atoms with E-state index in [1.165, 1.54) is 36.8 Å². The van der Waals surface area contributed by atoms with E-state index >= 15 is 0 Å². The number of aromatic hydroxyl groups is 1. The summed E-state index contributed by atoms with van der Waals surface area (Å²) in [5.74, 6) is -8.21. The summed E-state index contributed by atoms with van der Waals surface area (Å²) < 4.78 is 0. The molecule has 0 aliphatic heterocycles. The van der Waals surface area contributed by atoms with E-state index in [2.05, 4.69) is 32.3 Å². The van der Waals surface area contributed by atoms with Gasteiger partial charge in [0, 0.05) is 25.0 Å². The van der Waals surface area contributed by atoms with E-state index in [0.717, 1.165) is 6.08 Å². The first-order chi connectivity index (χ1) is 27.2. The minimum atomic E-state index is -1.74. The molecule has 19 heteroatoms. The second-order valence-electron chi connectivity index (χ2n) is 14.5. The number of carboxylic acids is 1. The number of rotatable bonds is 23. The van der Waals surface area contributed by atoms with Crippen LogP contribution in [0.1, 0.15) is 65.4 Å². The SMILES string of the molecule is CC[C@H](C)[C@H](NC(=O)[C@H](Cc1ccc(O)cc1)NC(=O)[C@@H]([NH3+])CC(C)C)C(=O)N[C@@H](CCC(N)=O)C(=O)N[C@@H](CC(N)=O)C(=O)N[C@@H](/C=C1\C=CC(O)=C[CH-]1)C(=O)O. The van der Waals surface area contributed by atoms with Gasteiger partial charge in [0.05, 0.1) is 6.42 Å². The number of nitrogens with two attached hydrogens (primary N) is 2. The van der Waals surface area contributed by atoms with Gasteiger partial charge < -0.3 is 59.1 Å². The zero-order valence-corrected chi connectivity index (χ0v) is 33.0. The quantitative estimate of drug-likeness (QED) is 0.0561. The smallest absolute Gasteiger partial charge is 0.320 e. The Morgan fingerprint density at radius 1 is 0.776 bits per heavy atom. The monoisotopic (exact) mass is 812 g/mol. The predicted octanol–water partition coefficient (Wildman–Crippen LogP) is -1.57. The summed E-state index contributed by atoms with van der Waals surface area (Å²) in [6.45, 7) is 7.24. The number of aliphatic hydroxyl groups excluding tert-OH is 1. The molecule has 1 aliphatic rings. The highest BCUT2D eigenvalue weighted by Gasteiger charge is 2.35. The molecule has 1 aliphatic carbocycles. The van der Waals surface area contributed by atoms with Crippen molar-refractivity contribution in [1.82, 2.24) is 26.6 Å². The highest BCUT2D eigenvalue weighted by atomic mass is 16.4. The minimum Gasteiger partial charge on any atom is -0.551 e. The first kappa shape index (κ1) is 47.8. The Morgan fingerprint density at radius 2 is 1.36 bits per heavy atom. The third-order valence-electron chi connectivity index (χ3n) is 9.10. The van der Waals surface area contributed by atoms with E-state index in [4.69, 9.17) is 11.5 Å². The lowest BCUT2D eigenvalue weighted by atomic mass is 9.96. The lowest BCUT2D eigenvalue weighted by Gasteiger charge is -2.29. The number of phenolic OH excluding ortho intramolecular Hbond substituents is 1. The van der Waals surface area contributed by atoms with Gasteiger partial charge in [0.25, 0.3) is 5.91 Å². The molecule has 7 atom stereocenters. The molecular weight excluding hydrogens is 756 g/mol. The second-order valence-corrected chi connectivity index (χ2v) is 14.5. The lowest BCUT2D eigenvalue weighted by molar-refractivity contribution is -0.406. The molecule has 58 heavy (non-hydrogen) atoms. The molecule has 0 unspecified atom stereocenters. The number of hydrogen-bond donors (Lipinski definition) is 11. The standard InChI is InChI=1S/C39H55N8O11/c1-5-21(4)33(47-37(55)28(17-22-6-10-24(48)11-7-22)44-34(52)26(40)16-20(2)3)38(56)43-27(14-15-31(41)50)35(53)45-29(19-32(42)51)36(54)46-30(39(57)58)18-23-8-12-25(49)13-9-23/h6-13,18,20-21,26-30,33,48-49H,5,14-17,19,40H2,1-4H3,(H2,41,50)(H2,42,51)(H,43,56)(H,44,52)(H,45,53)(H,46,54)(H,47,55)(H,57,58)/q-1/p+1/t21-,26-,27-,28-,29-,30-,33-/m0/s1. The molecule has 0 aromatic heterocycles. The molecule has 318 valence electrons. The number of benzene rings is 1. The molecule has 0 heterocycles. The first-order valence-corrected chi connectivity index (χ1v) is 18.8. The number of carbonyl (C=O) groups is 8. The van der Waals surface area contributed by atoms with Crippen LogP contribution in [0, 0.1) is 18.3 Å². The number of carbonyl (C=O) groups excluding carboxylic acids is 7. The third-order valence-corrected chi connectivity index (χ3v) is 9.10. The van der Waals surface area contributed by atoms with Gasteiger partial charge in [0.2, 0.25) is 35.4 Å². The third kappa shape index (κ3) is 16.4. The average Bonchev–Trinajstić information content (AvgIpc) is 3.15. The van der Waals surface area contributed by atoms with E-state index in [9.17, 15) is 53.7 Å². The van der Waals surface area contributed by atoms with Gasteiger partial charge in [-0.1, -0.05) is 46.2 Å². The van der Waals surface area contributed by atoms with Crippen molar-refractivity contribution in [3.63, 3.8) is 0 Å². The van der Waals surface area contributed by atoms with E-state index < -0.39 is 102 Å². The van der Waals surface area contributed by atoms with E-state index in [1.54, 1.807) is 26.0 Å². The molecule has 15 N–H and O–H groups in total. The van der Waals surface area contributed by atoms with Crippen molar-refractivity contribution in [2.24, 2.45) is 23.3 Å². The highest BCUT2D eigenvalue weighted by molar-refractivity contribution is 5.98. The Bertz CT molecular complexity index is 1760. The molecule has 7 amide bonds. The van der Waals surface area contributed by atoms with E-state index in [-0.39, 0.29) is 30.3 Å². The predicted molar refractivity (Wildman–Crippen MR) is 209 cm³/mol. The topological polar surface area (TPSA) is 337 Å². The number of nitrogens with one attached hydrogen (secondary N) is 5. The van der Waals surface area contributed by atoms with Crippen molar-refractivity contribution in [3.8, 4) is 5.75 Å². The van der Waals surface area contributed by atoms with Gasteiger partial charge in [0.15, 0.2) is 6.04 Å². The Balaban J connectivity index is 2.37. The summed E-state index contributed by atoms with van der Waals surface area (Å²) in [6, 6.07) is -2.19. The number of phenols is 1. The molecule has 0 bridgehead atoms. The Morgan fingerprint density at radius 3 is 1.90 bits per heavy atom. The van der Waals surface area contributed by atoms with Gasteiger partial charge in [0.1, 0.15) is 36.0 Å². The van der Waals surface area contributed by atoms with Crippen molar-refractivity contribution in [3.05, 3.63) is 71.9 Å². The molecule has 19 nitrogen and oxygen atoms in total. The number of amides is 7. The maximum Gasteiger partial charge on any atom is 0.320 e. The van der Waals surface area contributed by atoms with Crippen LogP contribution in [-0.2, 0) is 44.8 Å². The summed E-state index contributed by atoms with van der Waals surface area (Å²) >= 11 is 0. The number of aliphatic hydroxyl groups is 1. The fourth-order valence-electron chi connectivity index (χ4n) is 5.70. The maximum atomic E-state index is 13.9. The molecule has 0 saturated carbocycles. The van der Waals surface area contributed by atoms with Crippen LogP contribution >= 0.6 is 0 Å². The van der Waals surface area contributed by atoms with Gasteiger partial charge in [-0.15, -0.1) is 36.3 Å². The van der Waals surface area contributed by atoms with Crippen LogP contribution in [0.25, 0.3) is 0 Å². The summed E-state index contributed by atoms with van der Waals surface area (Å²) in [6.07, 6.45) is 5.68. The molecule has 1 aromatic rings. The van der Waals surface area contributed by atoms with Crippen molar-refractivity contribution in [2.75, 3.05) is 0 Å². The Kier molecular flexibility index (Phi) is 19.0. The molecule has 0 fully saturated rings. The lowest BCUT2D eigenvalue weighted by Crippen LogP contribution is -2.69. The molecule has 2 rings (SSSR count). The first-order valence-electron chi connectivity index (χ1n) is 18.8. The largest absolute Gasteiger partial charge is 0.551 e. The summed E-state index contributed by atoms with van der Waals surface area (Å²) in [5.41, 5.74) is 15.5. The van der Waals surface area contributed by atoms with Gasteiger partial charge in [-0.2, -0.15) is 0 Å². The van der Waals surface area contributed by atoms with Gasteiger partial charge in [-0.05, 0) is 36.0 Å². The minimum absolute atomic E-state index is 0.0119. The maximum absolute atomic E-state index is 13.9. The van der Waals surface area contributed by atoms with Crippen molar-refractivity contribution in [2.45, 2.75) is 102 Å². The van der Waals surface area contributed by atoms with Gasteiger partial charge >= 0.3 is 5.97 Å². The van der Waals surface area contributed by atoms with Crippen LogP contribution in [0.5, 0.6) is 5.75 Å². The van der Waals surface area contributed by atoms with Crippen LogP contribution < -0.4 is 43.8 Å². The number of hydrogen-bond acceptors (Lipinski definition) is 10. The molecule has 0 spiro atoms. The zero-order chi connectivity index (χ0) is 43.7. The number of allylic oxidation sites excluding steroid dienone is 4. The van der Waals surface area contributed by atoms with Crippen LogP contribution in [0.4, 0.5) is 0 Å². The number of primary amides is 2. The van der Waals surface area contributed by atoms with Gasteiger partial charge in [-0.25, -0.2) is 0 Å². The van der Waals surface area contributed by atoms with Crippen LogP contribution in [-0.4, -0.2) is 98.9 Å². The van der Waals surface area contributed by atoms with Crippen molar-refractivity contribution < 1.29 is 59.4 Å². The van der Waals surface area contributed by atoms with Crippen LogP contribution in [0.15, 0.2) is 59.9 Å². The number of quaternary nitrogens is 1. The average molecular weight is 813 g/mol. The van der Waals surface area contributed by atoms with Crippen LogP contribution in [0.3, 0.4) is 0 Å². The van der Waals surface area contributed by atoms with E-state index in [1.807, 2.05) is 13.8 Å². The highest BCUT2D eigenvalue weighted by Crippen LogP contribution is 2.16.